The lowest BCUT2D eigenvalue weighted by Gasteiger charge is -2.11. The van der Waals surface area contributed by atoms with Crippen molar-refractivity contribution in [3.8, 4) is 5.75 Å². The number of nitro benzene ring substituents is 1. The molecular formula is C21H15Br2ClN2O4. The third-order valence-corrected chi connectivity index (χ3v) is 5.34. The van der Waals surface area contributed by atoms with Crippen LogP contribution in [0.4, 0.5) is 5.69 Å². The van der Waals surface area contributed by atoms with Gasteiger partial charge in [0.1, 0.15) is 13.2 Å². The smallest absolute Gasteiger partial charge is 0.269 e. The van der Waals surface area contributed by atoms with Gasteiger partial charge in [0.2, 0.25) is 0 Å². The average molecular weight is 555 g/mol. The number of halogens is 3. The van der Waals surface area contributed by atoms with Crippen molar-refractivity contribution in [2.45, 2.75) is 13.2 Å². The molecule has 0 atom stereocenters. The summed E-state index contributed by atoms with van der Waals surface area (Å²) in [6.07, 6.45) is 1.51. The summed E-state index contributed by atoms with van der Waals surface area (Å²) >= 11 is 13.2. The number of nitro groups is 1. The van der Waals surface area contributed by atoms with E-state index in [2.05, 4.69) is 37.0 Å². The third-order valence-electron chi connectivity index (χ3n) is 3.95. The van der Waals surface area contributed by atoms with Gasteiger partial charge in [0, 0.05) is 16.6 Å². The van der Waals surface area contributed by atoms with Crippen LogP contribution in [-0.4, -0.2) is 11.1 Å². The van der Waals surface area contributed by atoms with Crippen molar-refractivity contribution in [2.24, 2.45) is 5.16 Å². The molecular weight excluding hydrogens is 540 g/mol. The molecule has 0 amide bonds. The number of hydrogen-bond donors (Lipinski definition) is 0. The van der Waals surface area contributed by atoms with Gasteiger partial charge in [-0.15, -0.1) is 0 Å². The van der Waals surface area contributed by atoms with Gasteiger partial charge in [-0.05, 0) is 56.9 Å². The molecule has 0 saturated carbocycles. The van der Waals surface area contributed by atoms with Gasteiger partial charge in [-0.3, -0.25) is 10.1 Å². The third kappa shape index (κ3) is 6.29. The molecule has 0 saturated heterocycles. The summed E-state index contributed by atoms with van der Waals surface area (Å²) in [5.74, 6) is 0.536. The highest BCUT2D eigenvalue weighted by Crippen LogP contribution is 2.34. The van der Waals surface area contributed by atoms with E-state index in [9.17, 15) is 10.1 Å². The van der Waals surface area contributed by atoms with E-state index in [0.29, 0.717) is 33.0 Å². The molecule has 0 spiro atoms. The summed E-state index contributed by atoms with van der Waals surface area (Å²) in [6.45, 7) is 0.493. The van der Waals surface area contributed by atoms with Crippen molar-refractivity contribution in [1.29, 1.82) is 0 Å². The Bertz CT molecular complexity index is 1050. The van der Waals surface area contributed by atoms with Gasteiger partial charge < -0.3 is 9.57 Å². The molecule has 0 aliphatic rings. The molecule has 0 bridgehead atoms. The summed E-state index contributed by atoms with van der Waals surface area (Å²) in [6, 6.07) is 17.5. The Morgan fingerprint density at radius 1 is 1.03 bits per heavy atom. The summed E-state index contributed by atoms with van der Waals surface area (Å²) in [5, 5.41) is 15.1. The first-order valence-electron chi connectivity index (χ1n) is 8.67. The van der Waals surface area contributed by atoms with E-state index in [4.69, 9.17) is 21.2 Å². The SMILES string of the molecule is O=[N+]([O-])c1cccc(CO/N=C\c2cc(Cl)c(OCc3ccc(Br)cc3)c(Br)c2)c1. The second-order valence-electron chi connectivity index (χ2n) is 6.16. The maximum Gasteiger partial charge on any atom is 0.269 e. The summed E-state index contributed by atoms with van der Waals surface area (Å²) < 4.78 is 7.53. The van der Waals surface area contributed by atoms with Crippen molar-refractivity contribution >= 4 is 55.4 Å². The molecule has 0 unspecified atom stereocenters. The molecule has 3 aromatic carbocycles. The van der Waals surface area contributed by atoms with Crippen LogP contribution in [0.15, 0.2) is 74.8 Å². The second-order valence-corrected chi connectivity index (χ2v) is 8.34. The molecule has 0 aromatic heterocycles. The molecule has 0 N–H and O–H groups in total. The van der Waals surface area contributed by atoms with Gasteiger partial charge in [-0.25, -0.2) is 0 Å². The molecule has 0 aliphatic heterocycles. The molecule has 154 valence electrons. The number of non-ortho nitro benzene ring substituents is 1. The van der Waals surface area contributed by atoms with Crippen LogP contribution in [0.5, 0.6) is 5.75 Å². The number of benzene rings is 3. The standard InChI is InChI=1S/C21H15Br2ClN2O4/c22-17-6-4-14(5-7-17)12-29-21-19(23)9-16(10-20(21)24)11-25-30-13-15-2-1-3-18(8-15)26(27)28/h1-11H,12-13H2/b25-11-. The lowest BCUT2D eigenvalue weighted by atomic mass is 10.2. The molecule has 0 heterocycles. The number of rotatable bonds is 8. The Morgan fingerprint density at radius 2 is 1.80 bits per heavy atom. The fourth-order valence-electron chi connectivity index (χ4n) is 2.50. The van der Waals surface area contributed by atoms with E-state index < -0.39 is 4.92 Å². The second kappa shape index (κ2) is 10.6. The van der Waals surface area contributed by atoms with E-state index in [1.165, 1.54) is 18.3 Å². The van der Waals surface area contributed by atoms with Crippen LogP contribution in [-0.2, 0) is 18.1 Å². The van der Waals surface area contributed by atoms with Gasteiger partial charge in [0.05, 0.1) is 20.6 Å². The molecule has 30 heavy (non-hydrogen) atoms. The molecule has 0 fully saturated rings. The Morgan fingerprint density at radius 3 is 2.50 bits per heavy atom. The van der Waals surface area contributed by atoms with Crippen LogP contribution in [0, 0.1) is 10.1 Å². The van der Waals surface area contributed by atoms with Crippen molar-refractivity contribution in [1.82, 2.24) is 0 Å². The highest BCUT2D eigenvalue weighted by molar-refractivity contribution is 9.10. The molecule has 6 nitrogen and oxygen atoms in total. The first kappa shape index (κ1) is 22.3. The van der Waals surface area contributed by atoms with Crippen LogP contribution < -0.4 is 4.74 Å². The number of hydrogen-bond acceptors (Lipinski definition) is 5. The zero-order valence-corrected chi connectivity index (χ0v) is 19.4. The number of nitrogens with zero attached hydrogens (tertiary/aromatic N) is 2. The molecule has 3 rings (SSSR count). The molecule has 0 radical (unpaired) electrons. The largest absolute Gasteiger partial charge is 0.486 e. The van der Waals surface area contributed by atoms with Crippen LogP contribution in [0.2, 0.25) is 5.02 Å². The van der Waals surface area contributed by atoms with Crippen LogP contribution >= 0.6 is 43.5 Å². The number of ether oxygens (including phenoxy) is 1. The van der Waals surface area contributed by atoms with Gasteiger partial charge in [-0.1, -0.05) is 57.0 Å². The number of oxime groups is 1. The molecule has 9 heteroatoms. The topological polar surface area (TPSA) is 74.0 Å². The predicted molar refractivity (Wildman–Crippen MR) is 123 cm³/mol. The van der Waals surface area contributed by atoms with Gasteiger partial charge in [0.15, 0.2) is 5.75 Å². The minimum atomic E-state index is -0.452. The quantitative estimate of drug-likeness (QED) is 0.172. The summed E-state index contributed by atoms with van der Waals surface area (Å²) in [7, 11) is 0. The first-order chi connectivity index (χ1) is 14.4. The van der Waals surface area contributed by atoms with Crippen LogP contribution in [0.25, 0.3) is 0 Å². The van der Waals surface area contributed by atoms with Crippen molar-refractivity contribution < 1.29 is 14.5 Å². The average Bonchev–Trinajstić information content (AvgIpc) is 2.72. The Labute approximate surface area is 194 Å². The summed E-state index contributed by atoms with van der Waals surface area (Å²) in [5.41, 5.74) is 2.38. The van der Waals surface area contributed by atoms with E-state index >= 15 is 0 Å². The minimum absolute atomic E-state index is 0.00881. The van der Waals surface area contributed by atoms with E-state index in [-0.39, 0.29) is 12.3 Å². The minimum Gasteiger partial charge on any atom is -0.486 e. The van der Waals surface area contributed by atoms with Gasteiger partial charge >= 0.3 is 0 Å². The zero-order chi connectivity index (χ0) is 21.5. The van der Waals surface area contributed by atoms with Crippen LogP contribution in [0.1, 0.15) is 16.7 Å². The highest BCUT2D eigenvalue weighted by Gasteiger charge is 2.10. The van der Waals surface area contributed by atoms with Crippen molar-refractivity contribution in [2.75, 3.05) is 0 Å². The monoisotopic (exact) mass is 552 g/mol. The van der Waals surface area contributed by atoms with E-state index in [0.717, 1.165) is 10.0 Å². The Balaban J connectivity index is 1.59. The highest BCUT2D eigenvalue weighted by atomic mass is 79.9. The normalized spacial score (nSPS) is 10.9. The Hall–Kier alpha value is -2.42. The van der Waals surface area contributed by atoms with Crippen molar-refractivity contribution in [3.05, 3.63) is 101 Å². The molecule has 0 aliphatic carbocycles. The fraction of sp³-hybridized carbons (Fsp3) is 0.0952. The lowest BCUT2D eigenvalue weighted by Crippen LogP contribution is -1.97. The molecule has 3 aromatic rings. The van der Waals surface area contributed by atoms with Gasteiger partial charge in [-0.2, -0.15) is 0 Å². The summed E-state index contributed by atoms with van der Waals surface area (Å²) in [4.78, 5) is 15.6. The predicted octanol–water partition coefficient (Wildman–Crippen LogP) is 6.90. The fourth-order valence-corrected chi connectivity index (χ4v) is 3.75. The first-order valence-corrected chi connectivity index (χ1v) is 10.6. The van der Waals surface area contributed by atoms with E-state index in [1.807, 2.05) is 30.3 Å². The maximum atomic E-state index is 10.8. The van der Waals surface area contributed by atoms with Crippen molar-refractivity contribution in [3.63, 3.8) is 0 Å². The Kier molecular flexibility index (Phi) is 7.84. The maximum absolute atomic E-state index is 10.8. The zero-order valence-electron chi connectivity index (χ0n) is 15.4. The van der Waals surface area contributed by atoms with E-state index in [1.54, 1.807) is 18.2 Å². The van der Waals surface area contributed by atoms with Gasteiger partial charge in [0.25, 0.3) is 5.69 Å². The van der Waals surface area contributed by atoms with Crippen LogP contribution in [0.3, 0.4) is 0 Å². The lowest BCUT2D eigenvalue weighted by molar-refractivity contribution is -0.384.